The molecule has 1 aromatic carbocycles. The summed E-state index contributed by atoms with van der Waals surface area (Å²) in [5.74, 6) is 1.08. The fourth-order valence-corrected chi connectivity index (χ4v) is 2.85. The number of carbonyl (C=O) groups excluding carboxylic acids is 1. The van der Waals surface area contributed by atoms with Gasteiger partial charge in [0.05, 0.1) is 7.11 Å². The van der Waals surface area contributed by atoms with Crippen LogP contribution in [0.2, 0.25) is 0 Å². The van der Waals surface area contributed by atoms with Crippen LogP contribution in [0.25, 0.3) is 0 Å². The predicted octanol–water partition coefficient (Wildman–Crippen LogP) is 1.86. The normalized spacial score (nSPS) is 31.3. The molecule has 1 saturated carbocycles. The van der Waals surface area contributed by atoms with Gasteiger partial charge in [-0.25, -0.2) is 0 Å². The van der Waals surface area contributed by atoms with Gasteiger partial charge in [-0.3, -0.25) is 4.79 Å². The van der Waals surface area contributed by atoms with Gasteiger partial charge < -0.3 is 15.2 Å². The third-order valence-electron chi connectivity index (χ3n) is 3.91. The zero-order chi connectivity index (χ0) is 14.0. The molecule has 0 amide bonds. The minimum Gasteiger partial charge on any atom is -0.497 e. The SMILES string of the molecule is COc1ccc([C@]2(N)C[C@@H](C)C[C@@H](OC)C2=O)cc1. The molecule has 0 radical (unpaired) electrons. The standard InChI is InChI=1S/C15H21NO3/c1-10-8-13(19-3)14(17)15(16,9-10)11-4-6-12(18-2)7-5-11/h4-7,10,13H,8-9,16H2,1-3H3/t10-,13+,15+/m0/s1. The fraction of sp³-hybridized carbons (Fsp3) is 0.533. The average Bonchev–Trinajstić information content (AvgIpc) is 2.43. The molecule has 0 spiro atoms. The first-order valence-electron chi connectivity index (χ1n) is 6.51. The van der Waals surface area contributed by atoms with Crippen molar-refractivity contribution in [2.75, 3.05) is 14.2 Å². The summed E-state index contributed by atoms with van der Waals surface area (Å²) in [6.45, 7) is 2.10. The van der Waals surface area contributed by atoms with E-state index in [1.807, 2.05) is 24.3 Å². The maximum atomic E-state index is 12.5. The molecule has 19 heavy (non-hydrogen) atoms. The van der Waals surface area contributed by atoms with Crippen LogP contribution in [0.4, 0.5) is 0 Å². The van der Waals surface area contributed by atoms with Crippen LogP contribution in [-0.2, 0) is 15.1 Å². The minimum absolute atomic E-state index is 0.0294. The Hall–Kier alpha value is -1.39. The van der Waals surface area contributed by atoms with E-state index in [-0.39, 0.29) is 5.78 Å². The third kappa shape index (κ3) is 2.51. The molecular weight excluding hydrogens is 242 g/mol. The van der Waals surface area contributed by atoms with Crippen LogP contribution in [-0.4, -0.2) is 26.1 Å². The first-order valence-corrected chi connectivity index (χ1v) is 6.51. The van der Waals surface area contributed by atoms with Gasteiger partial charge in [-0.1, -0.05) is 19.1 Å². The summed E-state index contributed by atoms with van der Waals surface area (Å²) < 4.78 is 10.4. The van der Waals surface area contributed by atoms with E-state index < -0.39 is 11.6 Å². The van der Waals surface area contributed by atoms with Crippen LogP contribution in [0.5, 0.6) is 5.75 Å². The maximum absolute atomic E-state index is 12.5. The number of nitrogens with two attached hydrogens (primary N) is 1. The molecule has 0 aromatic heterocycles. The second kappa shape index (κ2) is 5.31. The lowest BCUT2D eigenvalue weighted by Crippen LogP contribution is -2.55. The Bertz CT molecular complexity index is 457. The maximum Gasteiger partial charge on any atom is 0.185 e. The summed E-state index contributed by atoms with van der Waals surface area (Å²) in [5.41, 5.74) is 6.27. The summed E-state index contributed by atoms with van der Waals surface area (Å²) in [7, 11) is 3.18. The number of Topliss-reactive ketones (excluding diaryl/α,β-unsaturated/α-hetero) is 1. The van der Waals surface area contributed by atoms with E-state index in [0.717, 1.165) is 17.7 Å². The molecule has 3 atom stereocenters. The van der Waals surface area contributed by atoms with Crippen LogP contribution in [0, 0.1) is 5.92 Å². The van der Waals surface area contributed by atoms with E-state index in [1.165, 1.54) is 0 Å². The van der Waals surface area contributed by atoms with Gasteiger partial charge in [-0.2, -0.15) is 0 Å². The number of hydrogen-bond donors (Lipinski definition) is 1. The van der Waals surface area contributed by atoms with E-state index in [4.69, 9.17) is 15.2 Å². The van der Waals surface area contributed by atoms with E-state index in [0.29, 0.717) is 12.3 Å². The van der Waals surface area contributed by atoms with Crippen molar-refractivity contribution in [3.05, 3.63) is 29.8 Å². The molecule has 0 bridgehead atoms. The third-order valence-corrected chi connectivity index (χ3v) is 3.91. The number of ketones is 1. The van der Waals surface area contributed by atoms with Crippen molar-refractivity contribution in [1.29, 1.82) is 0 Å². The molecule has 2 N–H and O–H groups in total. The number of hydrogen-bond acceptors (Lipinski definition) is 4. The van der Waals surface area contributed by atoms with Crippen molar-refractivity contribution >= 4 is 5.78 Å². The minimum atomic E-state index is -0.954. The molecule has 0 aliphatic heterocycles. The molecule has 1 aromatic rings. The fourth-order valence-electron chi connectivity index (χ4n) is 2.85. The monoisotopic (exact) mass is 263 g/mol. The van der Waals surface area contributed by atoms with Gasteiger partial charge in [0.25, 0.3) is 0 Å². The van der Waals surface area contributed by atoms with E-state index >= 15 is 0 Å². The van der Waals surface area contributed by atoms with E-state index in [9.17, 15) is 4.79 Å². The molecule has 2 rings (SSSR count). The largest absolute Gasteiger partial charge is 0.497 e. The summed E-state index contributed by atoms with van der Waals surface area (Å²) in [4.78, 5) is 12.5. The van der Waals surface area contributed by atoms with Gasteiger partial charge in [0, 0.05) is 7.11 Å². The highest BCUT2D eigenvalue weighted by atomic mass is 16.5. The van der Waals surface area contributed by atoms with Crippen molar-refractivity contribution in [1.82, 2.24) is 0 Å². The van der Waals surface area contributed by atoms with Crippen molar-refractivity contribution in [3.8, 4) is 5.75 Å². The number of ether oxygens (including phenoxy) is 2. The topological polar surface area (TPSA) is 61.6 Å². The highest BCUT2D eigenvalue weighted by molar-refractivity contribution is 5.94. The van der Waals surface area contributed by atoms with Gasteiger partial charge in [-0.05, 0) is 36.5 Å². The molecule has 104 valence electrons. The first kappa shape index (κ1) is 14.0. The van der Waals surface area contributed by atoms with Crippen molar-refractivity contribution in [3.63, 3.8) is 0 Å². The number of methoxy groups -OCH3 is 2. The highest BCUT2D eigenvalue weighted by Crippen LogP contribution is 2.36. The number of carbonyl (C=O) groups is 1. The number of rotatable bonds is 3. The van der Waals surface area contributed by atoms with Crippen molar-refractivity contribution in [2.45, 2.75) is 31.4 Å². The van der Waals surface area contributed by atoms with Gasteiger partial charge >= 0.3 is 0 Å². The van der Waals surface area contributed by atoms with Gasteiger partial charge in [0.2, 0.25) is 0 Å². The molecule has 0 heterocycles. The Morgan fingerprint density at radius 1 is 1.26 bits per heavy atom. The van der Waals surface area contributed by atoms with E-state index in [2.05, 4.69) is 6.92 Å². The molecule has 0 unspecified atom stereocenters. The molecule has 4 nitrogen and oxygen atoms in total. The lowest BCUT2D eigenvalue weighted by molar-refractivity contribution is -0.140. The summed E-state index contributed by atoms with van der Waals surface area (Å²) in [5, 5.41) is 0. The number of benzene rings is 1. The van der Waals surface area contributed by atoms with Crippen molar-refractivity contribution in [2.24, 2.45) is 11.7 Å². The van der Waals surface area contributed by atoms with Gasteiger partial charge in [0.15, 0.2) is 5.78 Å². The Morgan fingerprint density at radius 2 is 1.89 bits per heavy atom. The molecule has 4 heteroatoms. The molecule has 0 saturated heterocycles. The quantitative estimate of drug-likeness (QED) is 0.904. The predicted molar refractivity (Wildman–Crippen MR) is 73.1 cm³/mol. The van der Waals surface area contributed by atoms with Gasteiger partial charge in [-0.15, -0.1) is 0 Å². The van der Waals surface area contributed by atoms with Crippen molar-refractivity contribution < 1.29 is 14.3 Å². The van der Waals surface area contributed by atoms with Crippen LogP contribution in [0.15, 0.2) is 24.3 Å². The van der Waals surface area contributed by atoms with Crippen LogP contribution in [0.3, 0.4) is 0 Å². The first-order chi connectivity index (χ1) is 9.01. The molecule has 1 fully saturated rings. The Balaban J connectivity index is 2.35. The van der Waals surface area contributed by atoms with E-state index in [1.54, 1.807) is 14.2 Å². The second-order valence-electron chi connectivity index (χ2n) is 5.33. The molecular formula is C15H21NO3. The zero-order valence-corrected chi connectivity index (χ0v) is 11.7. The lowest BCUT2D eigenvalue weighted by atomic mass is 9.71. The summed E-state index contributed by atoms with van der Waals surface area (Å²) in [6.07, 6.45) is 0.985. The van der Waals surface area contributed by atoms with Crippen LogP contribution >= 0.6 is 0 Å². The summed E-state index contributed by atoms with van der Waals surface area (Å²) in [6, 6.07) is 7.39. The zero-order valence-electron chi connectivity index (χ0n) is 11.7. The smallest absolute Gasteiger partial charge is 0.185 e. The lowest BCUT2D eigenvalue weighted by Gasteiger charge is -2.39. The second-order valence-corrected chi connectivity index (χ2v) is 5.33. The Morgan fingerprint density at radius 3 is 2.42 bits per heavy atom. The van der Waals surface area contributed by atoms with Crippen LogP contribution < -0.4 is 10.5 Å². The van der Waals surface area contributed by atoms with Crippen LogP contribution in [0.1, 0.15) is 25.3 Å². The molecule has 1 aliphatic rings. The summed E-state index contributed by atoms with van der Waals surface area (Å²) >= 11 is 0. The highest BCUT2D eigenvalue weighted by Gasteiger charge is 2.45. The van der Waals surface area contributed by atoms with Gasteiger partial charge in [0.1, 0.15) is 17.4 Å². The Kier molecular flexibility index (Phi) is 3.92. The average molecular weight is 263 g/mol. The Labute approximate surface area is 113 Å². The molecule has 1 aliphatic carbocycles.